The van der Waals surface area contributed by atoms with Crippen LogP contribution in [0.5, 0.6) is 11.5 Å². The average Bonchev–Trinajstić information content (AvgIpc) is 2.22. The van der Waals surface area contributed by atoms with E-state index in [1.54, 1.807) is 18.2 Å². The molecule has 17 heavy (non-hydrogen) atoms. The zero-order valence-corrected chi connectivity index (χ0v) is 11.8. The zero-order valence-electron chi connectivity index (χ0n) is 8.58. The molecule has 0 aliphatic carbocycles. The predicted molar refractivity (Wildman–Crippen MR) is 72.7 cm³/mol. The lowest BCUT2D eigenvalue weighted by Crippen LogP contribution is -1.92. The first-order valence-corrected chi connectivity index (χ1v) is 6.32. The summed E-state index contributed by atoms with van der Waals surface area (Å²) in [4.78, 5) is 0. The monoisotopic (exact) mass is 359 g/mol. The molecule has 0 spiro atoms. The maximum Gasteiger partial charge on any atom is 0.151 e. The van der Waals surface area contributed by atoms with Gasteiger partial charge in [-0.25, -0.2) is 4.39 Å². The van der Waals surface area contributed by atoms with Crippen LogP contribution in [0, 0.1) is 5.82 Å². The molecule has 0 saturated heterocycles. The summed E-state index contributed by atoms with van der Waals surface area (Å²) in [6, 6.07) is 9.58. The van der Waals surface area contributed by atoms with E-state index in [1.807, 2.05) is 6.07 Å². The van der Waals surface area contributed by atoms with Crippen molar-refractivity contribution in [2.45, 2.75) is 0 Å². The van der Waals surface area contributed by atoms with Crippen LogP contribution in [0.15, 0.2) is 45.3 Å². The van der Waals surface area contributed by atoms with E-state index in [0.717, 1.165) is 4.47 Å². The Morgan fingerprint density at radius 1 is 1.00 bits per heavy atom. The van der Waals surface area contributed by atoms with E-state index in [2.05, 4.69) is 31.9 Å². The van der Waals surface area contributed by atoms with Crippen LogP contribution in [0.2, 0.25) is 0 Å². The van der Waals surface area contributed by atoms with Crippen molar-refractivity contribution in [1.82, 2.24) is 0 Å². The quantitative estimate of drug-likeness (QED) is 0.786. The largest absolute Gasteiger partial charge is 0.455 e. The Bertz CT molecular complexity index is 540. The second-order valence-corrected chi connectivity index (χ2v) is 5.22. The molecule has 0 aliphatic heterocycles. The lowest BCUT2D eigenvalue weighted by atomic mass is 10.3. The molecule has 0 aliphatic rings. The summed E-state index contributed by atoms with van der Waals surface area (Å²) >= 11 is 6.52. The summed E-state index contributed by atoms with van der Waals surface area (Å²) in [7, 11) is 0. The number of hydrogen-bond acceptors (Lipinski definition) is 2. The van der Waals surface area contributed by atoms with Crippen LogP contribution >= 0.6 is 31.9 Å². The molecule has 0 fully saturated rings. The first kappa shape index (κ1) is 12.4. The lowest BCUT2D eigenvalue weighted by Gasteiger charge is -2.09. The minimum absolute atomic E-state index is 0.372. The number of anilines is 1. The normalized spacial score (nSPS) is 10.3. The summed E-state index contributed by atoms with van der Waals surface area (Å²) in [5.74, 6) is 0.501. The Kier molecular flexibility index (Phi) is 3.69. The van der Waals surface area contributed by atoms with E-state index in [1.165, 1.54) is 12.1 Å². The van der Waals surface area contributed by atoms with E-state index < -0.39 is 0 Å². The minimum Gasteiger partial charge on any atom is -0.455 e. The van der Waals surface area contributed by atoms with Gasteiger partial charge in [-0.3, -0.25) is 0 Å². The maximum absolute atomic E-state index is 13.2. The van der Waals surface area contributed by atoms with Gasteiger partial charge < -0.3 is 10.5 Å². The van der Waals surface area contributed by atoms with Crippen molar-refractivity contribution in [3.8, 4) is 11.5 Å². The van der Waals surface area contributed by atoms with Crippen LogP contribution in [0.3, 0.4) is 0 Å². The Labute approximate surface area is 115 Å². The van der Waals surface area contributed by atoms with Crippen molar-refractivity contribution in [3.05, 3.63) is 51.2 Å². The fourth-order valence-electron chi connectivity index (χ4n) is 1.31. The molecular formula is C12H8Br2FNO. The molecule has 0 amide bonds. The van der Waals surface area contributed by atoms with Gasteiger partial charge in [0.2, 0.25) is 0 Å². The van der Waals surface area contributed by atoms with Crippen molar-refractivity contribution in [3.63, 3.8) is 0 Å². The van der Waals surface area contributed by atoms with E-state index in [9.17, 15) is 4.39 Å². The number of ether oxygens (including phenoxy) is 1. The maximum atomic E-state index is 13.2. The van der Waals surface area contributed by atoms with Crippen LogP contribution in [-0.4, -0.2) is 0 Å². The molecule has 0 unspecified atom stereocenters. The standard InChI is InChI=1S/C12H8Br2FNO/c13-7-1-2-11(16)12(5-7)17-10-4-8(14)3-9(15)6-10/h1-6H,16H2. The molecule has 0 aromatic heterocycles. The first-order chi connectivity index (χ1) is 8.04. The molecule has 0 heterocycles. The highest BCUT2D eigenvalue weighted by Crippen LogP contribution is 2.31. The molecule has 2 aromatic rings. The van der Waals surface area contributed by atoms with Gasteiger partial charge in [0.05, 0.1) is 5.69 Å². The minimum atomic E-state index is -0.372. The van der Waals surface area contributed by atoms with Gasteiger partial charge >= 0.3 is 0 Å². The molecule has 0 bridgehead atoms. The Morgan fingerprint density at radius 2 is 1.76 bits per heavy atom. The second kappa shape index (κ2) is 5.06. The van der Waals surface area contributed by atoms with Crippen LogP contribution in [0.25, 0.3) is 0 Å². The molecule has 0 atom stereocenters. The molecule has 0 radical (unpaired) electrons. The second-order valence-electron chi connectivity index (χ2n) is 3.39. The van der Waals surface area contributed by atoms with Crippen molar-refractivity contribution in [1.29, 1.82) is 0 Å². The molecule has 88 valence electrons. The predicted octanol–water partition coefficient (Wildman–Crippen LogP) is 4.73. The number of hydrogen-bond donors (Lipinski definition) is 1. The van der Waals surface area contributed by atoms with Gasteiger partial charge in [-0.2, -0.15) is 0 Å². The van der Waals surface area contributed by atoms with E-state index in [-0.39, 0.29) is 5.82 Å². The third-order valence-electron chi connectivity index (χ3n) is 2.04. The highest BCUT2D eigenvalue weighted by atomic mass is 79.9. The molecule has 2 nitrogen and oxygen atoms in total. The number of nitrogen functional groups attached to an aromatic ring is 1. The summed E-state index contributed by atoms with van der Waals surface area (Å²) in [5, 5.41) is 0. The van der Waals surface area contributed by atoms with Crippen molar-refractivity contribution < 1.29 is 9.13 Å². The van der Waals surface area contributed by atoms with Gasteiger partial charge in [0, 0.05) is 15.0 Å². The average molecular weight is 361 g/mol. The summed E-state index contributed by atoms with van der Waals surface area (Å²) in [5.41, 5.74) is 6.26. The van der Waals surface area contributed by atoms with Crippen LogP contribution in [0.4, 0.5) is 10.1 Å². The van der Waals surface area contributed by atoms with Crippen LogP contribution in [0.1, 0.15) is 0 Å². The van der Waals surface area contributed by atoms with E-state index in [0.29, 0.717) is 21.7 Å². The number of nitrogens with two attached hydrogens (primary N) is 1. The summed E-state index contributed by atoms with van der Waals surface area (Å²) < 4.78 is 20.1. The lowest BCUT2D eigenvalue weighted by molar-refractivity contribution is 0.478. The molecule has 2 rings (SSSR count). The number of halogens is 3. The van der Waals surface area contributed by atoms with Crippen LogP contribution < -0.4 is 10.5 Å². The molecular weight excluding hydrogens is 353 g/mol. The Balaban J connectivity index is 2.34. The topological polar surface area (TPSA) is 35.2 Å². The fraction of sp³-hybridized carbons (Fsp3) is 0. The van der Waals surface area contributed by atoms with Gasteiger partial charge in [-0.15, -0.1) is 0 Å². The SMILES string of the molecule is Nc1ccc(Br)cc1Oc1cc(F)cc(Br)c1. The Hall–Kier alpha value is -1.07. The smallest absolute Gasteiger partial charge is 0.151 e. The molecule has 0 saturated carbocycles. The summed E-state index contributed by atoms with van der Waals surface area (Å²) in [6.07, 6.45) is 0. The zero-order chi connectivity index (χ0) is 12.4. The van der Waals surface area contributed by atoms with E-state index in [4.69, 9.17) is 10.5 Å². The molecule has 2 N–H and O–H groups in total. The van der Waals surface area contributed by atoms with Crippen molar-refractivity contribution in [2.24, 2.45) is 0 Å². The Morgan fingerprint density at radius 3 is 2.47 bits per heavy atom. The van der Waals surface area contributed by atoms with Gasteiger partial charge in [0.1, 0.15) is 11.6 Å². The number of benzene rings is 2. The summed E-state index contributed by atoms with van der Waals surface area (Å²) in [6.45, 7) is 0. The molecule has 2 aromatic carbocycles. The first-order valence-electron chi connectivity index (χ1n) is 4.73. The number of rotatable bonds is 2. The third kappa shape index (κ3) is 3.20. The highest BCUT2D eigenvalue weighted by Gasteiger charge is 2.05. The highest BCUT2D eigenvalue weighted by molar-refractivity contribution is 9.10. The molecule has 5 heteroatoms. The van der Waals surface area contributed by atoms with Gasteiger partial charge in [-0.05, 0) is 30.3 Å². The fourth-order valence-corrected chi connectivity index (χ4v) is 2.10. The van der Waals surface area contributed by atoms with Gasteiger partial charge in [0.25, 0.3) is 0 Å². The third-order valence-corrected chi connectivity index (χ3v) is 2.99. The van der Waals surface area contributed by atoms with Crippen molar-refractivity contribution >= 4 is 37.5 Å². The van der Waals surface area contributed by atoms with Crippen LogP contribution in [-0.2, 0) is 0 Å². The van der Waals surface area contributed by atoms with Crippen molar-refractivity contribution in [2.75, 3.05) is 5.73 Å². The van der Waals surface area contributed by atoms with Gasteiger partial charge in [-0.1, -0.05) is 31.9 Å². The van der Waals surface area contributed by atoms with Gasteiger partial charge in [0.15, 0.2) is 5.75 Å². The van der Waals surface area contributed by atoms with E-state index >= 15 is 0 Å².